The first-order valence-electron chi connectivity index (χ1n) is 6.34. The molecule has 0 amide bonds. The van der Waals surface area contributed by atoms with Gasteiger partial charge in [0.15, 0.2) is 11.5 Å². The molecule has 98 valence electrons. The molecule has 0 atom stereocenters. The van der Waals surface area contributed by atoms with Gasteiger partial charge < -0.3 is 14.8 Å². The maximum atomic E-state index is 5.36. The van der Waals surface area contributed by atoms with Crippen LogP contribution in [0.1, 0.15) is 29.3 Å². The summed E-state index contributed by atoms with van der Waals surface area (Å²) in [5.74, 6) is 2.30. The summed E-state index contributed by atoms with van der Waals surface area (Å²) in [6.07, 6.45) is 2.52. The molecule has 2 aliphatic rings. The molecule has 2 heterocycles. The first kappa shape index (κ1) is 11.0. The van der Waals surface area contributed by atoms with Crippen LogP contribution in [0.3, 0.4) is 0 Å². The SMILES string of the molecule is c1cc2c(cc1CNc1nnc(C3CC3)s1)OCO2. The molecular formula is C13H13N3O2S. The molecule has 1 aliphatic carbocycles. The summed E-state index contributed by atoms with van der Waals surface area (Å²) in [6.45, 7) is 1.03. The van der Waals surface area contributed by atoms with Crippen LogP contribution in [-0.2, 0) is 6.54 Å². The summed E-state index contributed by atoms with van der Waals surface area (Å²) < 4.78 is 10.6. The number of benzene rings is 1. The van der Waals surface area contributed by atoms with E-state index in [1.54, 1.807) is 11.3 Å². The van der Waals surface area contributed by atoms with Crippen molar-refractivity contribution in [3.63, 3.8) is 0 Å². The van der Waals surface area contributed by atoms with E-state index in [9.17, 15) is 0 Å². The largest absolute Gasteiger partial charge is 0.454 e. The minimum Gasteiger partial charge on any atom is -0.454 e. The molecule has 19 heavy (non-hydrogen) atoms. The molecule has 1 fully saturated rings. The number of ether oxygens (including phenoxy) is 2. The lowest BCUT2D eigenvalue weighted by Crippen LogP contribution is -1.98. The second-order valence-electron chi connectivity index (χ2n) is 4.76. The standard InChI is InChI=1S/C13H13N3O2S/c1-4-10-11(18-7-17-10)5-8(1)6-14-13-16-15-12(19-13)9-2-3-9/h1,4-5,9H,2-3,6-7H2,(H,14,16). The molecule has 6 heteroatoms. The number of aromatic nitrogens is 2. The molecule has 4 rings (SSSR count). The van der Waals surface area contributed by atoms with Crippen LogP contribution in [0, 0.1) is 0 Å². The Morgan fingerprint density at radius 3 is 3.00 bits per heavy atom. The fraction of sp³-hybridized carbons (Fsp3) is 0.385. The summed E-state index contributed by atoms with van der Waals surface area (Å²) in [5, 5.41) is 13.7. The van der Waals surface area contributed by atoms with E-state index in [0.29, 0.717) is 12.7 Å². The van der Waals surface area contributed by atoms with Gasteiger partial charge in [-0.2, -0.15) is 0 Å². The lowest BCUT2D eigenvalue weighted by atomic mass is 10.2. The zero-order valence-electron chi connectivity index (χ0n) is 10.3. The third kappa shape index (κ3) is 2.23. The van der Waals surface area contributed by atoms with E-state index >= 15 is 0 Å². The lowest BCUT2D eigenvalue weighted by molar-refractivity contribution is 0.174. The van der Waals surface area contributed by atoms with E-state index < -0.39 is 0 Å². The fourth-order valence-electron chi connectivity index (χ4n) is 2.03. The maximum Gasteiger partial charge on any atom is 0.231 e. The Balaban J connectivity index is 1.43. The highest BCUT2D eigenvalue weighted by Gasteiger charge is 2.27. The topological polar surface area (TPSA) is 56.3 Å². The Hall–Kier alpha value is -1.82. The smallest absolute Gasteiger partial charge is 0.231 e. The molecule has 1 N–H and O–H groups in total. The highest BCUT2D eigenvalue weighted by atomic mass is 32.1. The number of hydrogen-bond donors (Lipinski definition) is 1. The van der Waals surface area contributed by atoms with Gasteiger partial charge in [0.2, 0.25) is 11.9 Å². The van der Waals surface area contributed by atoms with Crippen molar-refractivity contribution in [1.82, 2.24) is 10.2 Å². The zero-order chi connectivity index (χ0) is 12.7. The first-order valence-corrected chi connectivity index (χ1v) is 7.16. The van der Waals surface area contributed by atoms with Crippen LogP contribution in [0.4, 0.5) is 5.13 Å². The van der Waals surface area contributed by atoms with Gasteiger partial charge in [0.05, 0.1) is 0 Å². The Morgan fingerprint density at radius 1 is 1.21 bits per heavy atom. The van der Waals surface area contributed by atoms with Crippen LogP contribution in [0.15, 0.2) is 18.2 Å². The lowest BCUT2D eigenvalue weighted by Gasteiger charge is -2.03. The van der Waals surface area contributed by atoms with Crippen molar-refractivity contribution in [2.45, 2.75) is 25.3 Å². The van der Waals surface area contributed by atoms with E-state index in [4.69, 9.17) is 9.47 Å². The van der Waals surface area contributed by atoms with Gasteiger partial charge >= 0.3 is 0 Å². The predicted molar refractivity (Wildman–Crippen MR) is 71.8 cm³/mol. The van der Waals surface area contributed by atoms with Crippen LogP contribution in [0.5, 0.6) is 11.5 Å². The quantitative estimate of drug-likeness (QED) is 0.929. The predicted octanol–water partition coefficient (Wildman–Crippen LogP) is 2.76. The molecule has 0 spiro atoms. The average molecular weight is 275 g/mol. The number of rotatable bonds is 4. The van der Waals surface area contributed by atoms with Crippen molar-refractivity contribution >= 4 is 16.5 Å². The number of anilines is 1. The maximum absolute atomic E-state index is 5.36. The number of fused-ring (bicyclic) bond motifs is 1. The van der Waals surface area contributed by atoms with Crippen molar-refractivity contribution in [3.8, 4) is 11.5 Å². The van der Waals surface area contributed by atoms with Crippen LogP contribution >= 0.6 is 11.3 Å². The van der Waals surface area contributed by atoms with E-state index in [2.05, 4.69) is 15.5 Å². The van der Waals surface area contributed by atoms with Crippen LogP contribution < -0.4 is 14.8 Å². The van der Waals surface area contributed by atoms with E-state index in [1.807, 2.05) is 18.2 Å². The van der Waals surface area contributed by atoms with Crippen LogP contribution in [-0.4, -0.2) is 17.0 Å². The van der Waals surface area contributed by atoms with Crippen molar-refractivity contribution < 1.29 is 9.47 Å². The molecule has 0 radical (unpaired) electrons. The monoisotopic (exact) mass is 275 g/mol. The Bertz CT molecular complexity index is 610. The van der Waals surface area contributed by atoms with Crippen LogP contribution in [0.2, 0.25) is 0 Å². The summed E-state index contributed by atoms with van der Waals surface area (Å²) in [4.78, 5) is 0. The zero-order valence-corrected chi connectivity index (χ0v) is 11.1. The number of hydrogen-bond acceptors (Lipinski definition) is 6. The molecule has 1 aromatic carbocycles. The minimum atomic E-state index is 0.313. The molecule has 1 aliphatic heterocycles. The molecular weight excluding hydrogens is 262 g/mol. The van der Waals surface area contributed by atoms with Gasteiger partial charge in [-0.1, -0.05) is 17.4 Å². The number of nitrogens with one attached hydrogen (secondary N) is 1. The molecule has 5 nitrogen and oxygen atoms in total. The van der Waals surface area contributed by atoms with Gasteiger partial charge in [0.25, 0.3) is 0 Å². The van der Waals surface area contributed by atoms with Gasteiger partial charge in [-0.15, -0.1) is 10.2 Å². The van der Waals surface area contributed by atoms with Gasteiger partial charge in [-0.05, 0) is 30.5 Å². The van der Waals surface area contributed by atoms with Crippen molar-refractivity contribution in [2.24, 2.45) is 0 Å². The molecule has 1 saturated carbocycles. The van der Waals surface area contributed by atoms with Gasteiger partial charge in [-0.3, -0.25) is 0 Å². The van der Waals surface area contributed by atoms with Gasteiger partial charge in [0, 0.05) is 12.5 Å². The second kappa shape index (κ2) is 4.38. The molecule has 0 bridgehead atoms. The van der Waals surface area contributed by atoms with E-state index in [0.717, 1.165) is 33.7 Å². The van der Waals surface area contributed by atoms with Crippen LogP contribution in [0.25, 0.3) is 0 Å². The highest BCUT2D eigenvalue weighted by Crippen LogP contribution is 2.42. The third-order valence-corrected chi connectivity index (χ3v) is 4.29. The van der Waals surface area contributed by atoms with Crippen molar-refractivity contribution in [1.29, 1.82) is 0 Å². The molecule has 0 unspecified atom stereocenters. The van der Waals surface area contributed by atoms with Crippen molar-refractivity contribution in [3.05, 3.63) is 28.8 Å². The summed E-state index contributed by atoms with van der Waals surface area (Å²) in [5.41, 5.74) is 1.15. The van der Waals surface area contributed by atoms with E-state index in [1.165, 1.54) is 12.8 Å². The fourth-order valence-corrected chi connectivity index (χ4v) is 2.94. The Morgan fingerprint density at radius 2 is 2.11 bits per heavy atom. The summed E-state index contributed by atoms with van der Waals surface area (Å²) >= 11 is 1.66. The number of nitrogens with zero attached hydrogens (tertiary/aromatic N) is 2. The van der Waals surface area contributed by atoms with Crippen molar-refractivity contribution in [2.75, 3.05) is 12.1 Å². The Kier molecular flexibility index (Phi) is 2.55. The van der Waals surface area contributed by atoms with E-state index in [-0.39, 0.29) is 0 Å². The molecule has 2 aromatic rings. The second-order valence-corrected chi connectivity index (χ2v) is 5.77. The third-order valence-electron chi connectivity index (χ3n) is 3.25. The molecule has 0 saturated heterocycles. The minimum absolute atomic E-state index is 0.313. The Labute approximate surface area is 114 Å². The highest BCUT2D eigenvalue weighted by molar-refractivity contribution is 7.15. The average Bonchev–Trinajstić information content (AvgIpc) is 3.01. The van der Waals surface area contributed by atoms with Gasteiger partial charge in [-0.25, -0.2) is 0 Å². The molecule has 1 aromatic heterocycles. The first-order chi connectivity index (χ1) is 9.38. The normalized spacial score (nSPS) is 16.6. The summed E-state index contributed by atoms with van der Waals surface area (Å²) in [6, 6.07) is 5.97. The summed E-state index contributed by atoms with van der Waals surface area (Å²) in [7, 11) is 0. The van der Waals surface area contributed by atoms with Gasteiger partial charge in [0.1, 0.15) is 5.01 Å².